The van der Waals surface area contributed by atoms with Gasteiger partial charge in [-0.25, -0.2) is 0 Å². The van der Waals surface area contributed by atoms with Crippen molar-refractivity contribution in [3.8, 4) is 17.1 Å². The zero-order valence-electron chi connectivity index (χ0n) is 21.4. The Morgan fingerprint density at radius 2 is 1.78 bits per heavy atom. The highest BCUT2D eigenvalue weighted by Gasteiger charge is 2.53. The number of nitrogens with zero attached hydrogens (tertiary/aromatic N) is 1. The lowest BCUT2D eigenvalue weighted by molar-refractivity contribution is -0.130. The van der Waals surface area contributed by atoms with Gasteiger partial charge in [-0.2, -0.15) is 0 Å². The van der Waals surface area contributed by atoms with Crippen LogP contribution in [-0.2, 0) is 11.2 Å². The average Bonchev–Trinajstić information content (AvgIpc) is 3.41. The number of aliphatic hydroxyl groups is 1. The van der Waals surface area contributed by atoms with Gasteiger partial charge in [0.1, 0.15) is 21.6 Å². The zero-order valence-corrected chi connectivity index (χ0v) is 23.0. The van der Waals surface area contributed by atoms with E-state index >= 15 is 0 Å². The molecule has 1 aliphatic heterocycles. The first-order valence-corrected chi connectivity index (χ1v) is 14.9. The number of aliphatic hydroxyl groups excluding tert-OH is 1. The molecular weight excluding hydrogens is 502 g/mol. The summed E-state index contributed by atoms with van der Waals surface area (Å²) in [7, 11) is 1.66. The van der Waals surface area contributed by atoms with Gasteiger partial charge in [0.15, 0.2) is 0 Å². The van der Waals surface area contributed by atoms with Crippen molar-refractivity contribution >= 4 is 40.3 Å². The average molecular weight is 538 g/mol. The number of carbonyl (C=O) groups is 1. The first-order valence-electron chi connectivity index (χ1n) is 13.7. The van der Waals surface area contributed by atoms with Crippen molar-refractivity contribution in [2.24, 2.45) is 23.7 Å². The lowest BCUT2D eigenvalue weighted by Crippen LogP contribution is -2.57. The van der Waals surface area contributed by atoms with Gasteiger partial charge in [0.05, 0.1) is 12.0 Å². The third kappa shape index (κ3) is 4.90. The van der Waals surface area contributed by atoms with Crippen LogP contribution in [0.4, 0.5) is 0 Å². The van der Waals surface area contributed by atoms with E-state index in [0.717, 1.165) is 65.9 Å². The second-order valence-electron chi connectivity index (χ2n) is 11.2. The van der Waals surface area contributed by atoms with Gasteiger partial charge in [-0.05, 0) is 111 Å². The van der Waals surface area contributed by atoms with Gasteiger partial charge >= 0.3 is 0 Å². The van der Waals surface area contributed by atoms with Crippen LogP contribution >= 0.6 is 24.0 Å². The van der Waals surface area contributed by atoms with Crippen LogP contribution in [0.25, 0.3) is 17.4 Å². The minimum absolute atomic E-state index is 0.0566. The molecule has 7 rings (SSSR count). The number of carbonyl (C=O) groups excluding carboxylic acids is 1. The fourth-order valence-electron chi connectivity index (χ4n) is 7.44. The number of hydrogen-bond acceptors (Lipinski definition) is 6. The van der Waals surface area contributed by atoms with E-state index in [2.05, 4.69) is 6.07 Å². The molecule has 0 unspecified atom stereocenters. The Kier molecular flexibility index (Phi) is 7.21. The molecule has 37 heavy (non-hydrogen) atoms. The molecule has 5 aliphatic rings. The van der Waals surface area contributed by atoms with E-state index < -0.39 is 0 Å². The van der Waals surface area contributed by atoms with Crippen LogP contribution in [0.2, 0.25) is 0 Å². The van der Waals surface area contributed by atoms with Crippen molar-refractivity contribution in [1.82, 2.24) is 4.90 Å². The summed E-state index contributed by atoms with van der Waals surface area (Å²) >= 11 is 7.24. The maximum atomic E-state index is 13.8. The standard InChI is InChI=1S/C30H35NO4S2/c1-34-24-8-6-20(7-9-24)25-16-21(5-3-2-4-10-32)26(35-25)17-27-29(33)31(30(36)37-27)28-22-12-18-11-19(14-22)15-23(28)13-18/h6-9,16-19,22-23,28,32H,2-5,10-15H2,1H3. The van der Waals surface area contributed by atoms with Crippen LogP contribution in [0.5, 0.6) is 5.75 Å². The predicted molar refractivity (Wildman–Crippen MR) is 151 cm³/mol. The largest absolute Gasteiger partial charge is 0.497 e. The van der Waals surface area contributed by atoms with Gasteiger partial charge in [-0.15, -0.1) is 0 Å². The van der Waals surface area contributed by atoms with Gasteiger partial charge in [0.25, 0.3) is 5.91 Å². The second-order valence-corrected chi connectivity index (χ2v) is 12.9. The number of thioether (sulfide) groups is 1. The van der Waals surface area contributed by atoms with E-state index in [4.69, 9.17) is 21.4 Å². The summed E-state index contributed by atoms with van der Waals surface area (Å²) in [4.78, 5) is 16.4. The topological polar surface area (TPSA) is 62.9 Å². The van der Waals surface area contributed by atoms with Crippen LogP contribution in [0.1, 0.15) is 62.7 Å². The summed E-state index contributed by atoms with van der Waals surface area (Å²) in [6.45, 7) is 0.211. The highest BCUT2D eigenvalue weighted by molar-refractivity contribution is 8.26. The fourth-order valence-corrected chi connectivity index (χ4v) is 8.75. The molecule has 2 heterocycles. The summed E-state index contributed by atoms with van der Waals surface area (Å²) in [6, 6.07) is 10.2. The van der Waals surface area contributed by atoms with E-state index in [0.29, 0.717) is 21.1 Å². The monoisotopic (exact) mass is 537 g/mol. The second kappa shape index (κ2) is 10.6. The van der Waals surface area contributed by atoms with Gasteiger partial charge < -0.3 is 14.3 Å². The SMILES string of the molecule is COc1ccc(-c2cc(CCCCCO)c(C=C3SC(=S)N(C4C5CC6CC(C5)CC4C6)C3=O)o2)cc1. The van der Waals surface area contributed by atoms with Crippen molar-refractivity contribution in [2.45, 2.75) is 63.8 Å². The molecule has 0 atom stereocenters. The number of thiocarbonyl (C=S) groups is 1. The fraction of sp³-hybridized carbons (Fsp3) is 0.533. The van der Waals surface area contributed by atoms with E-state index in [1.54, 1.807) is 7.11 Å². The van der Waals surface area contributed by atoms with Crippen molar-refractivity contribution in [3.63, 3.8) is 0 Å². The number of aryl methyl sites for hydroxylation is 1. The highest BCUT2D eigenvalue weighted by Crippen LogP contribution is 2.56. The summed E-state index contributed by atoms with van der Waals surface area (Å²) in [5.41, 5.74) is 2.06. The third-order valence-electron chi connectivity index (χ3n) is 8.88. The minimum atomic E-state index is 0.0566. The van der Waals surface area contributed by atoms with Crippen LogP contribution in [0.15, 0.2) is 39.7 Å². The Morgan fingerprint density at radius 1 is 1.08 bits per heavy atom. The van der Waals surface area contributed by atoms with Gasteiger partial charge in [0, 0.05) is 24.3 Å². The summed E-state index contributed by atoms with van der Waals surface area (Å²) in [5, 5.41) is 9.17. The number of hydrogen-bond donors (Lipinski definition) is 1. The molecule has 1 aromatic heterocycles. The predicted octanol–water partition coefficient (Wildman–Crippen LogP) is 6.69. The first kappa shape index (κ1) is 25.2. The Hall–Kier alpha value is -2.09. The van der Waals surface area contributed by atoms with Crippen molar-refractivity contribution in [1.29, 1.82) is 0 Å². The highest BCUT2D eigenvalue weighted by atomic mass is 32.2. The van der Waals surface area contributed by atoms with Crippen LogP contribution in [0.3, 0.4) is 0 Å². The van der Waals surface area contributed by atoms with Crippen LogP contribution < -0.4 is 4.74 Å². The van der Waals surface area contributed by atoms with Crippen LogP contribution in [0, 0.1) is 23.7 Å². The number of methoxy groups -OCH3 is 1. The molecule has 2 aromatic rings. The molecule has 5 fully saturated rings. The lowest BCUT2D eigenvalue weighted by Gasteiger charge is -2.56. The lowest BCUT2D eigenvalue weighted by atomic mass is 9.54. The number of benzene rings is 1. The Balaban J connectivity index is 1.27. The first-order chi connectivity index (χ1) is 18.0. The number of rotatable bonds is 9. The maximum absolute atomic E-state index is 13.8. The number of furan rings is 1. The van der Waals surface area contributed by atoms with Gasteiger partial charge in [0.2, 0.25) is 0 Å². The molecule has 196 valence electrons. The van der Waals surface area contributed by atoms with Gasteiger partial charge in [-0.3, -0.25) is 9.69 Å². The van der Waals surface area contributed by atoms with E-state index in [9.17, 15) is 9.90 Å². The van der Waals surface area contributed by atoms with E-state index in [-0.39, 0.29) is 18.6 Å². The summed E-state index contributed by atoms with van der Waals surface area (Å²) in [6.07, 6.45) is 11.9. The molecule has 1 aromatic carbocycles. The van der Waals surface area contributed by atoms with Crippen molar-refractivity contribution < 1.29 is 19.1 Å². The number of amides is 1. The quantitative estimate of drug-likeness (QED) is 0.219. The Bertz CT molecular complexity index is 1170. The van der Waals surface area contributed by atoms with Crippen LogP contribution in [-0.4, -0.2) is 40.0 Å². The van der Waals surface area contributed by atoms with Crippen molar-refractivity contribution in [2.75, 3.05) is 13.7 Å². The molecule has 4 bridgehead atoms. The van der Waals surface area contributed by atoms with E-state index in [1.165, 1.54) is 43.9 Å². The van der Waals surface area contributed by atoms with E-state index in [1.807, 2.05) is 35.2 Å². The minimum Gasteiger partial charge on any atom is -0.497 e. The Labute approximate surface area is 228 Å². The molecule has 7 heteroatoms. The molecule has 1 saturated heterocycles. The maximum Gasteiger partial charge on any atom is 0.266 e. The molecule has 0 spiro atoms. The summed E-state index contributed by atoms with van der Waals surface area (Å²) < 4.78 is 12.4. The number of unbranched alkanes of at least 4 members (excludes halogenated alkanes) is 2. The number of ether oxygens (including phenoxy) is 1. The Morgan fingerprint density at radius 3 is 2.43 bits per heavy atom. The molecule has 4 aliphatic carbocycles. The van der Waals surface area contributed by atoms with Gasteiger partial charge in [-0.1, -0.05) is 30.4 Å². The molecule has 5 nitrogen and oxygen atoms in total. The molecule has 1 amide bonds. The molecular formula is C30H35NO4S2. The zero-order chi connectivity index (χ0) is 25.5. The van der Waals surface area contributed by atoms with Crippen molar-refractivity contribution in [3.05, 3.63) is 46.6 Å². The summed E-state index contributed by atoms with van der Waals surface area (Å²) in [5.74, 6) is 5.30. The molecule has 4 saturated carbocycles. The molecule has 1 N–H and O–H groups in total. The normalized spacial score (nSPS) is 29.6. The smallest absolute Gasteiger partial charge is 0.266 e. The molecule has 0 radical (unpaired) electrons. The third-order valence-corrected chi connectivity index (χ3v) is 10.2.